The van der Waals surface area contributed by atoms with Gasteiger partial charge >= 0.3 is 0 Å². The van der Waals surface area contributed by atoms with Gasteiger partial charge in [-0.2, -0.15) is 0 Å². The van der Waals surface area contributed by atoms with Crippen LogP contribution in [-0.2, 0) is 16.1 Å². The minimum atomic E-state index is 0. The molecule has 2 N–H and O–H groups in total. The number of carbonyl (C=O) groups is 1. The molecular weight excluding hydrogens is 519 g/mol. The lowest BCUT2D eigenvalue weighted by molar-refractivity contribution is -0.134. The molecule has 0 saturated carbocycles. The molecule has 1 atom stereocenters. The topological polar surface area (TPSA) is 75.2 Å². The van der Waals surface area contributed by atoms with Gasteiger partial charge in [0.15, 0.2) is 5.96 Å². The normalized spacial score (nSPS) is 16.3. The molecule has 32 heavy (non-hydrogen) atoms. The van der Waals surface area contributed by atoms with E-state index >= 15 is 0 Å². The summed E-state index contributed by atoms with van der Waals surface area (Å²) in [6, 6.07) is 6.51. The number of hydrogen-bond acceptors (Lipinski definition) is 4. The van der Waals surface area contributed by atoms with Crippen LogP contribution in [0.4, 0.5) is 0 Å². The molecule has 0 aromatic heterocycles. The maximum absolute atomic E-state index is 12.5. The molecular formula is C24H41IN4O3. The first-order valence-electron chi connectivity index (χ1n) is 11.7. The van der Waals surface area contributed by atoms with E-state index in [1.165, 1.54) is 6.42 Å². The average Bonchev–Trinajstić information content (AvgIpc) is 2.76. The summed E-state index contributed by atoms with van der Waals surface area (Å²) in [6.45, 7) is 12.7. The molecule has 182 valence electrons. The Balaban J connectivity index is 0.00000512. The molecule has 1 heterocycles. The average molecular weight is 561 g/mol. The monoisotopic (exact) mass is 560 g/mol. The van der Waals surface area contributed by atoms with Crippen molar-refractivity contribution in [1.82, 2.24) is 15.5 Å². The standard InChI is InChI=1S/C24H40N4O3.HI/c1-5-25-24(26-13-12-23(29)28-14-8-7-9-20(28)4)27-18-21-11-10-19(3)17-22(21)31-16-15-30-6-2;/h10-11,17,20H,5-9,12-16,18H2,1-4H3,(H2,25,26,27);1H. The van der Waals surface area contributed by atoms with Gasteiger partial charge in [-0.05, 0) is 58.6 Å². The molecule has 1 aromatic rings. The Kier molecular flexibility index (Phi) is 14.4. The highest BCUT2D eigenvalue weighted by Gasteiger charge is 2.22. The Labute approximate surface area is 210 Å². The van der Waals surface area contributed by atoms with E-state index in [9.17, 15) is 4.79 Å². The Hall–Kier alpha value is -1.55. The van der Waals surface area contributed by atoms with Crippen LogP contribution in [0.2, 0.25) is 0 Å². The summed E-state index contributed by atoms with van der Waals surface area (Å²) in [4.78, 5) is 19.3. The lowest BCUT2D eigenvalue weighted by Gasteiger charge is -2.33. The van der Waals surface area contributed by atoms with E-state index in [0.717, 1.165) is 42.8 Å². The van der Waals surface area contributed by atoms with Crippen LogP contribution in [0.3, 0.4) is 0 Å². The van der Waals surface area contributed by atoms with Crippen molar-refractivity contribution in [3.8, 4) is 5.75 Å². The summed E-state index contributed by atoms with van der Waals surface area (Å²) >= 11 is 0. The molecule has 0 aliphatic carbocycles. The van der Waals surface area contributed by atoms with Crippen LogP contribution in [-0.4, -0.2) is 62.3 Å². The van der Waals surface area contributed by atoms with Crippen LogP contribution < -0.4 is 15.4 Å². The van der Waals surface area contributed by atoms with Gasteiger partial charge in [0.05, 0.1) is 13.2 Å². The second-order valence-electron chi connectivity index (χ2n) is 7.96. The first-order chi connectivity index (χ1) is 15.0. The number of aryl methyl sites for hydroxylation is 1. The lowest BCUT2D eigenvalue weighted by atomic mass is 10.0. The summed E-state index contributed by atoms with van der Waals surface area (Å²) in [6.07, 6.45) is 3.91. The van der Waals surface area contributed by atoms with Crippen molar-refractivity contribution in [2.75, 3.05) is 39.5 Å². The van der Waals surface area contributed by atoms with Gasteiger partial charge in [0.2, 0.25) is 5.91 Å². The maximum Gasteiger partial charge on any atom is 0.224 e. The fourth-order valence-corrected chi connectivity index (χ4v) is 3.69. The number of nitrogens with zero attached hydrogens (tertiary/aromatic N) is 2. The van der Waals surface area contributed by atoms with E-state index in [1.807, 2.05) is 31.7 Å². The molecule has 2 rings (SSSR count). The number of nitrogens with one attached hydrogen (secondary N) is 2. The van der Waals surface area contributed by atoms with Gasteiger partial charge in [0.1, 0.15) is 12.4 Å². The van der Waals surface area contributed by atoms with Crippen LogP contribution in [0.5, 0.6) is 5.75 Å². The molecule has 1 fully saturated rings. The fraction of sp³-hybridized carbons (Fsp3) is 0.667. The van der Waals surface area contributed by atoms with Gasteiger partial charge in [-0.3, -0.25) is 4.79 Å². The van der Waals surface area contributed by atoms with Gasteiger partial charge in [-0.1, -0.05) is 12.1 Å². The highest BCUT2D eigenvalue weighted by Crippen LogP contribution is 2.21. The lowest BCUT2D eigenvalue weighted by Crippen LogP contribution is -2.44. The van der Waals surface area contributed by atoms with Crippen LogP contribution in [0, 0.1) is 6.92 Å². The van der Waals surface area contributed by atoms with E-state index in [2.05, 4.69) is 29.7 Å². The highest BCUT2D eigenvalue weighted by molar-refractivity contribution is 14.0. The van der Waals surface area contributed by atoms with E-state index in [0.29, 0.717) is 51.3 Å². The van der Waals surface area contributed by atoms with Gasteiger partial charge in [0.25, 0.3) is 0 Å². The van der Waals surface area contributed by atoms with E-state index in [4.69, 9.17) is 14.5 Å². The number of amides is 1. The third-order valence-electron chi connectivity index (χ3n) is 5.42. The van der Waals surface area contributed by atoms with Crippen LogP contribution in [0.25, 0.3) is 0 Å². The summed E-state index contributed by atoms with van der Waals surface area (Å²) in [5.41, 5.74) is 2.17. The van der Waals surface area contributed by atoms with E-state index < -0.39 is 0 Å². The predicted molar refractivity (Wildman–Crippen MR) is 141 cm³/mol. The number of likely N-dealkylation sites (tertiary alicyclic amines) is 1. The number of carbonyl (C=O) groups excluding carboxylic acids is 1. The Morgan fingerprint density at radius 1 is 1.22 bits per heavy atom. The zero-order valence-electron chi connectivity index (χ0n) is 20.1. The van der Waals surface area contributed by atoms with Crippen LogP contribution >= 0.6 is 24.0 Å². The van der Waals surface area contributed by atoms with Crippen molar-refractivity contribution in [2.24, 2.45) is 4.99 Å². The molecule has 1 aliphatic rings. The number of guanidine groups is 1. The summed E-state index contributed by atoms with van der Waals surface area (Å²) in [5.74, 6) is 1.77. The van der Waals surface area contributed by atoms with Gasteiger partial charge < -0.3 is 25.0 Å². The number of rotatable bonds is 11. The second kappa shape index (κ2) is 16.1. The minimum absolute atomic E-state index is 0. The number of hydrogen-bond donors (Lipinski definition) is 2. The van der Waals surface area contributed by atoms with Gasteiger partial charge in [-0.15, -0.1) is 24.0 Å². The first-order valence-corrected chi connectivity index (χ1v) is 11.7. The van der Waals surface area contributed by atoms with E-state index in [-0.39, 0.29) is 29.9 Å². The smallest absolute Gasteiger partial charge is 0.224 e. The molecule has 1 saturated heterocycles. The zero-order chi connectivity index (χ0) is 22.5. The Morgan fingerprint density at radius 3 is 2.75 bits per heavy atom. The van der Waals surface area contributed by atoms with Crippen LogP contribution in [0.15, 0.2) is 23.2 Å². The van der Waals surface area contributed by atoms with Crippen molar-refractivity contribution in [3.63, 3.8) is 0 Å². The molecule has 1 aromatic carbocycles. The Bertz CT molecular complexity index is 714. The second-order valence-corrected chi connectivity index (χ2v) is 7.96. The highest BCUT2D eigenvalue weighted by atomic mass is 127. The molecule has 1 amide bonds. The molecule has 0 spiro atoms. The number of piperidine rings is 1. The molecule has 1 unspecified atom stereocenters. The summed E-state index contributed by atoms with van der Waals surface area (Å²) in [7, 11) is 0. The van der Waals surface area contributed by atoms with E-state index in [1.54, 1.807) is 0 Å². The number of benzene rings is 1. The van der Waals surface area contributed by atoms with Crippen molar-refractivity contribution in [1.29, 1.82) is 0 Å². The SMILES string of the molecule is CCNC(=NCc1ccc(C)cc1OCCOCC)NCCC(=O)N1CCCCC1C.I. The molecule has 8 heteroatoms. The molecule has 1 aliphatic heterocycles. The van der Waals surface area contributed by atoms with Crippen molar-refractivity contribution < 1.29 is 14.3 Å². The summed E-state index contributed by atoms with van der Waals surface area (Å²) in [5, 5.41) is 6.56. The largest absolute Gasteiger partial charge is 0.491 e. The molecule has 0 bridgehead atoms. The molecule has 7 nitrogen and oxygen atoms in total. The number of aliphatic imine (C=N–C) groups is 1. The third-order valence-corrected chi connectivity index (χ3v) is 5.42. The van der Waals surface area contributed by atoms with Gasteiger partial charge in [0, 0.05) is 44.3 Å². The fourth-order valence-electron chi connectivity index (χ4n) is 3.69. The van der Waals surface area contributed by atoms with Crippen LogP contribution in [0.1, 0.15) is 57.6 Å². The quantitative estimate of drug-likeness (QED) is 0.186. The number of ether oxygens (including phenoxy) is 2. The minimum Gasteiger partial charge on any atom is -0.491 e. The Morgan fingerprint density at radius 2 is 2.03 bits per heavy atom. The zero-order valence-corrected chi connectivity index (χ0v) is 22.4. The van der Waals surface area contributed by atoms with Gasteiger partial charge in [-0.25, -0.2) is 4.99 Å². The third kappa shape index (κ3) is 9.94. The maximum atomic E-state index is 12.5. The summed E-state index contributed by atoms with van der Waals surface area (Å²) < 4.78 is 11.3. The van der Waals surface area contributed by atoms with Crippen molar-refractivity contribution in [2.45, 2.75) is 66.0 Å². The molecule has 0 radical (unpaired) electrons. The first kappa shape index (κ1) is 28.5. The van der Waals surface area contributed by atoms with Crippen molar-refractivity contribution >= 4 is 35.8 Å². The van der Waals surface area contributed by atoms with Crippen molar-refractivity contribution in [3.05, 3.63) is 29.3 Å². The predicted octanol–water partition coefficient (Wildman–Crippen LogP) is 3.87. The number of halogens is 1.